The van der Waals surface area contributed by atoms with E-state index in [-0.39, 0.29) is 0 Å². The molecule has 0 bridgehead atoms. The van der Waals surface area contributed by atoms with Crippen molar-refractivity contribution in [1.82, 2.24) is 4.98 Å². The molecule has 0 radical (unpaired) electrons. The Morgan fingerprint density at radius 2 is 0.956 bits per heavy atom. The summed E-state index contributed by atoms with van der Waals surface area (Å²) in [5.41, 5.74) is 9.87. The molecule has 45 heavy (non-hydrogen) atoms. The van der Waals surface area contributed by atoms with Gasteiger partial charge in [-0.2, -0.15) is 0 Å². The summed E-state index contributed by atoms with van der Waals surface area (Å²) in [5.74, 6) is 0.640. The maximum atomic E-state index is 6.23. The van der Waals surface area contributed by atoms with Crippen molar-refractivity contribution in [3.8, 4) is 44.8 Å². The quantitative estimate of drug-likeness (QED) is 0.196. The van der Waals surface area contributed by atoms with Crippen molar-refractivity contribution < 1.29 is 4.42 Å². The Morgan fingerprint density at radius 3 is 1.64 bits per heavy atom. The molecule has 0 saturated heterocycles. The lowest BCUT2D eigenvalue weighted by molar-refractivity contribution is 0.620. The van der Waals surface area contributed by atoms with Crippen LogP contribution in [0.15, 0.2) is 168 Å². The Labute approximate surface area is 260 Å². The predicted molar refractivity (Wildman–Crippen MR) is 188 cm³/mol. The van der Waals surface area contributed by atoms with Gasteiger partial charge in [0.2, 0.25) is 5.89 Å². The number of aromatic nitrogens is 1. The minimum Gasteiger partial charge on any atom is -0.436 e. The highest BCUT2D eigenvalue weighted by Crippen LogP contribution is 2.45. The average Bonchev–Trinajstić information content (AvgIpc) is 3.55. The van der Waals surface area contributed by atoms with Crippen molar-refractivity contribution in [3.63, 3.8) is 0 Å². The first-order valence-corrected chi connectivity index (χ1v) is 15.3. The molecule has 2 nitrogen and oxygen atoms in total. The molecule has 0 amide bonds. The van der Waals surface area contributed by atoms with Crippen molar-refractivity contribution in [3.05, 3.63) is 164 Å². The summed E-state index contributed by atoms with van der Waals surface area (Å²) >= 11 is 0. The maximum absolute atomic E-state index is 6.23. The van der Waals surface area contributed by atoms with Crippen LogP contribution in [0.2, 0.25) is 0 Å². The Bertz CT molecular complexity index is 2470. The van der Waals surface area contributed by atoms with Crippen LogP contribution >= 0.6 is 0 Å². The minimum absolute atomic E-state index is 0.640. The van der Waals surface area contributed by atoms with Crippen molar-refractivity contribution in [2.75, 3.05) is 0 Å². The number of hydrogen-bond donors (Lipinski definition) is 0. The highest BCUT2D eigenvalue weighted by molar-refractivity contribution is 6.23. The molecule has 0 aliphatic carbocycles. The molecule has 210 valence electrons. The van der Waals surface area contributed by atoms with E-state index in [0.717, 1.165) is 27.8 Å². The lowest BCUT2D eigenvalue weighted by Crippen LogP contribution is -1.91. The molecule has 0 aliphatic heterocycles. The summed E-state index contributed by atoms with van der Waals surface area (Å²) in [6.45, 7) is 0. The summed E-state index contributed by atoms with van der Waals surface area (Å²) < 4.78 is 6.23. The first-order valence-electron chi connectivity index (χ1n) is 15.3. The Hall–Kier alpha value is -5.99. The van der Waals surface area contributed by atoms with Gasteiger partial charge in [-0.15, -0.1) is 0 Å². The highest BCUT2D eigenvalue weighted by Gasteiger charge is 2.18. The molecule has 0 atom stereocenters. The number of nitrogens with zero attached hydrogens (tertiary/aromatic N) is 1. The molecule has 1 heterocycles. The van der Waals surface area contributed by atoms with Crippen LogP contribution in [-0.4, -0.2) is 4.98 Å². The summed E-state index contributed by atoms with van der Waals surface area (Å²) in [7, 11) is 0. The molecular formula is C43H27NO. The van der Waals surface area contributed by atoms with Crippen molar-refractivity contribution in [1.29, 1.82) is 0 Å². The Kier molecular flexibility index (Phi) is 5.85. The van der Waals surface area contributed by atoms with Gasteiger partial charge in [0.25, 0.3) is 0 Å². The van der Waals surface area contributed by atoms with Crippen LogP contribution in [0.1, 0.15) is 0 Å². The van der Waals surface area contributed by atoms with E-state index in [2.05, 4.69) is 133 Å². The van der Waals surface area contributed by atoms with Gasteiger partial charge in [0.15, 0.2) is 5.58 Å². The van der Waals surface area contributed by atoms with Gasteiger partial charge in [-0.1, -0.05) is 133 Å². The second-order valence-corrected chi connectivity index (χ2v) is 11.5. The number of hydrogen-bond acceptors (Lipinski definition) is 2. The van der Waals surface area contributed by atoms with Crippen molar-refractivity contribution >= 4 is 43.4 Å². The van der Waals surface area contributed by atoms with Crippen LogP contribution in [0.3, 0.4) is 0 Å². The van der Waals surface area contributed by atoms with E-state index in [1.807, 2.05) is 30.3 Å². The van der Waals surface area contributed by atoms with Gasteiger partial charge in [0, 0.05) is 5.56 Å². The Morgan fingerprint density at radius 1 is 0.378 bits per heavy atom. The maximum Gasteiger partial charge on any atom is 0.227 e. The number of fused-ring (bicyclic) bond motifs is 4. The average molecular weight is 574 g/mol. The first-order chi connectivity index (χ1) is 22.3. The second-order valence-electron chi connectivity index (χ2n) is 11.5. The molecule has 0 N–H and O–H groups in total. The lowest BCUT2D eigenvalue weighted by atomic mass is 9.84. The fourth-order valence-electron chi connectivity index (χ4n) is 6.81. The molecule has 9 rings (SSSR count). The van der Waals surface area contributed by atoms with E-state index < -0.39 is 0 Å². The van der Waals surface area contributed by atoms with E-state index in [1.165, 1.54) is 54.6 Å². The van der Waals surface area contributed by atoms with Gasteiger partial charge in [0.1, 0.15) is 5.52 Å². The molecule has 2 heteroatoms. The van der Waals surface area contributed by atoms with Crippen LogP contribution in [0.25, 0.3) is 88.3 Å². The smallest absolute Gasteiger partial charge is 0.227 e. The molecule has 0 saturated carbocycles. The first kappa shape index (κ1) is 25.5. The van der Waals surface area contributed by atoms with Gasteiger partial charge in [-0.05, 0) is 96.0 Å². The van der Waals surface area contributed by atoms with E-state index in [9.17, 15) is 0 Å². The van der Waals surface area contributed by atoms with Gasteiger partial charge in [0.05, 0.1) is 0 Å². The molecule has 0 fully saturated rings. The topological polar surface area (TPSA) is 26.0 Å². The Balaban J connectivity index is 1.27. The van der Waals surface area contributed by atoms with Gasteiger partial charge in [-0.3, -0.25) is 0 Å². The third-order valence-electron chi connectivity index (χ3n) is 8.89. The monoisotopic (exact) mass is 573 g/mol. The van der Waals surface area contributed by atoms with Crippen LogP contribution in [0.4, 0.5) is 0 Å². The molecule has 8 aromatic carbocycles. The summed E-state index contributed by atoms with van der Waals surface area (Å²) in [6.07, 6.45) is 0. The normalized spacial score (nSPS) is 11.6. The van der Waals surface area contributed by atoms with E-state index in [1.54, 1.807) is 0 Å². The predicted octanol–water partition coefficient (Wildman–Crippen LogP) is 12.0. The number of rotatable bonds is 4. The van der Waals surface area contributed by atoms with Crippen molar-refractivity contribution in [2.45, 2.75) is 0 Å². The molecule has 0 unspecified atom stereocenters. The molecule has 9 aromatic rings. The summed E-state index contributed by atoms with van der Waals surface area (Å²) in [4.78, 5) is 4.74. The molecular weight excluding hydrogens is 546 g/mol. The molecule has 0 aliphatic rings. The van der Waals surface area contributed by atoms with E-state index >= 15 is 0 Å². The zero-order valence-corrected chi connectivity index (χ0v) is 24.4. The third-order valence-corrected chi connectivity index (χ3v) is 8.89. The van der Waals surface area contributed by atoms with E-state index in [0.29, 0.717) is 5.89 Å². The SMILES string of the molecule is c1ccc(-c2nc3ccc(-c4ccc5cccc(-c6c7ccccc7c(-c7ccccc7)c7ccccc67)c5c4)cc3o2)cc1. The summed E-state index contributed by atoms with van der Waals surface area (Å²) in [5, 5.41) is 7.46. The third kappa shape index (κ3) is 4.22. The molecule has 1 aromatic heterocycles. The van der Waals surface area contributed by atoms with Gasteiger partial charge in [-0.25, -0.2) is 4.98 Å². The zero-order valence-electron chi connectivity index (χ0n) is 24.4. The minimum atomic E-state index is 0.640. The number of benzene rings is 8. The highest BCUT2D eigenvalue weighted by atomic mass is 16.3. The van der Waals surface area contributed by atoms with Gasteiger partial charge < -0.3 is 4.42 Å². The lowest BCUT2D eigenvalue weighted by Gasteiger charge is -2.19. The van der Waals surface area contributed by atoms with Crippen LogP contribution in [-0.2, 0) is 0 Å². The largest absolute Gasteiger partial charge is 0.436 e. The molecule has 0 spiro atoms. The van der Waals surface area contributed by atoms with E-state index in [4.69, 9.17) is 9.40 Å². The fourth-order valence-corrected chi connectivity index (χ4v) is 6.81. The van der Waals surface area contributed by atoms with Crippen LogP contribution in [0, 0.1) is 0 Å². The second kappa shape index (κ2) is 10.3. The van der Waals surface area contributed by atoms with Crippen molar-refractivity contribution in [2.24, 2.45) is 0 Å². The van der Waals surface area contributed by atoms with Crippen LogP contribution in [0.5, 0.6) is 0 Å². The number of oxazole rings is 1. The fraction of sp³-hybridized carbons (Fsp3) is 0. The standard InChI is InChI=1S/C43H27NO/c1-3-12-29(13-4-1)41-33-17-7-9-19-35(33)42(36-20-10-8-18-34(36)41)37-21-11-16-28-22-23-31(26-38(28)37)32-24-25-39-40(27-32)45-43(44-39)30-14-5-2-6-15-30/h1-27H. The van der Waals surface area contributed by atoms with Crippen LogP contribution < -0.4 is 0 Å². The van der Waals surface area contributed by atoms with Gasteiger partial charge >= 0.3 is 0 Å². The zero-order chi connectivity index (χ0) is 29.7. The summed E-state index contributed by atoms with van der Waals surface area (Å²) in [6, 6.07) is 58.2.